The Morgan fingerprint density at radius 1 is 1.08 bits per heavy atom. The number of benzene rings is 2. The number of carboxylic acid groups (broad SMARTS) is 1. The molecule has 7 heteroatoms. The summed E-state index contributed by atoms with van der Waals surface area (Å²) < 4.78 is 36.6. The van der Waals surface area contributed by atoms with Crippen LogP contribution in [0.15, 0.2) is 51.7 Å². The smallest absolute Gasteiger partial charge is 0.351 e. The summed E-state index contributed by atoms with van der Waals surface area (Å²) in [6, 6.07) is 8.70. The molecule has 24 heavy (non-hydrogen) atoms. The van der Waals surface area contributed by atoms with Gasteiger partial charge in [0.2, 0.25) is 0 Å². The van der Waals surface area contributed by atoms with E-state index in [-0.39, 0.29) is 12.2 Å². The van der Waals surface area contributed by atoms with E-state index < -0.39 is 28.8 Å². The zero-order valence-electron chi connectivity index (χ0n) is 12.1. The number of ether oxygens (including phenoxy) is 1. The number of hydrogen-bond donors (Lipinski definition) is 1. The van der Waals surface area contributed by atoms with Crippen LogP contribution in [0, 0.1) is 11.6 Å². The second-order valence-corrected chi connectivity index (χ2v) is 5.02. The maximum atomic E-state index is 13.1. The number of carboxylic acids is 1. The highest BCUT2D eigenvalue weighted by molar-refractivity contribution is 5.91. The van der Waals surface area contributed by atoms with Crippen LogP contribution in [0.5, 0.6) is 5.75 Å². The van der Waals surface area contributed by atoms with Crippen molar-refractivity contribution in [2.75, 3.05) is 0 Å². The third-order valence-electron chi connectivity index (χ3n) is 3.27. The highest BCUT2D eigenvalue weighted by atomic mass is 19.1. The van der Waals surface area contributed by atoms with Gasteiger partial charge in [-0.3, -0.25) is 0 Å². The highest BCUT2D eigenvalue weighted by Gasteiger charge is 2.12. The van der Waals surface area contributed by atoms with Crippen molar-refractivity contribution >= 4 is 16.9 Å². The summed E-state index contributed by atoms with van der Waals surface area (Å²) in [5.74, 6) is -2.49. The van der Waals surface area contributed by atoms with Gasteiger partial charge in [0.1, 0.15) is 35.1 Å². The summed E-state index contributed by atoms with van der Waals surface area (Å²) in [5, 5.41) is 9.30. The van der Waals surface area contributed by atoms with Crippen molar-refractivity contribution in [3.63, 3.8) is 0 Å². The van der Waals surface area contributed by atoms with Crippen LogP contribution in [0.1, 0.15) is 15.9 Å². The molecule has 0 amide bonds. The molecule has 122 valence electrons. The van der Waals surface area contributed by atoms with Crippen LogP contribution >= 0.6 is 0 Å². The maximum absolute atomic E-state index is 13.1. The van der Waals surface area contributed by atoms with Gasteiger partial charge < -0.3 is 14.3 Å². The van der Waals surface area contributed by atoms with Gasteiger partial charge in [0.25, 0.3) is 0 Å². The maximum Gasteiger partial charge on any atom is 0.351 e. The third kappa shape index (κ3) is 3.24. The quantitative estimate of drug-likeness (QED) is 0.742. The van der Waals surface area contributed by atoms with Crippen LogP contribution in [0.4, 0.5) is 8.78 Å². The Morgan fingerprint density at radius 3 is 2.46 bits per heavy atom. The first-order valence-electron chi connectivity index (χ1n) is 6.81. The lowest BCUT2D eigenvalue weighted by atomic mass is 10.2. The fourth-order valence-corrected chi connectivity index (χ4v) is 2.19. The van der Waals surface area contributed by atoms with Crippen molar-refractivity contribution in [1.82, 2.24) is 0 Å². The molecule has 0 unspecified atom stereocenters. The Hall–Kier alpha value is -3.22. The van der Waals surface area contributed by atoms with E-state index in [4.69, 9.17) is 14.3 Å². The minimum atomic E-state index is -1.38. The lowest BCUT2D eigenvalue weighted by Crippen LogP contribution is -2.12. The number of rotatable bonds is 4. The zero-order chi connectivity index (χ0) is 17.3. The van der Waals surface area contributed by atoms with E-state index >= 15 is 0 Å². The van der Waals surface area contributed by atoms with E-state index in [1.165, 1.54) is 24.3 Å². The van der Waals surface area contributed by atoms with E-state index in [2.05, 4.69) is 0 Å². The van der Waals surface area contributed by atoms with Crippen LogP contribution in [-0.4, -0.2) is 11.1 Å². The molecule has 0 aliphatic heterocycles. The average molecular weight is 332 g/mol. The predicted molar refractivity (Wildman–Crippen MR) is 80.1 cm³/mol. The van der Waals surface area contributed by atoms with E-state index in [1.54, 1.807) is 0 Å². The molecule has 0 saturated heterocycles. The van der Waals surface area contributed by atoms with Crippen molar-refractivity contribution < 1.29 is 27.8 Å². The second-order valence-electron chi connectivity index (χ2n) is 5.02. The molecule has 1 heterocycles. The van der Waals surface area contributed by atoms with Gasteiger partial charge in [0.05, 0.1) is 0 Å². The summed E-state index contributed by atoms with van der Waals surface area (Å²) >= 11 is 0. The van der Waals surface area contributed by atoms with E-state index in [9.17, 15) is 18.4 Å². The Balaban J connectivity index is 1.87. The first-order chi connectivity index (χ1) is 11.4. The average Bonchev–Trinajstić information content (AvgIpc) is 2.51. The normalized spacial score (nSPS) is 10.8. The molecule has 0 aliphatic rings. The summed E-state index contributed by atoms with van der Waals surface area (Å²) in [4.78, 5) is 22.5. The Morgan fingerprint density at radius 2 is 1.79 bits per heavy atom. The predicted octanol–water partition coefficient (Wildman–Crippen LogP) is 3.35. The molecule has 1 aromatic heterocycles. The summed E-state index contributed by atoms with van der Waals surface area (Å²) in [7, 11) is 0. The molecular weight excluding hydrogens is 322 g/mol. The summed E-state index contributed by atoms with van der Waals surface area (Å²) in [6.45, 7) is -0.0857. The molecular formula is C17H10F2O5. The molecule has 3 rings (SSSR count). The molecule has 0 atom stereocenters. The van der Waals surface area contributed by atoms with Crippen molar-refractivity contribution in [3.05, 3.63) is 75.6 Å². The van der Waals surface area contributed by atoms with Gasteiger partial charge in [-0.15, -0.1) is 0 Å². The number of halogens is 2. The highest BCUT2D eigenvalue weighted by Crippen LogP contribution is 2.21. The van der Waals surface area contributed by atoms with Crippen LogP contribution < -0.4 is 10.4 Å². The van der Waals surface area contributed by atoms with E-state index in [0.717, 1.165) is 18.2 Å². The minimum Gasteiger partial charge on any atom is -0.489 e. The Labute approximate surface area is 133 Å². The topological polar surface area (TPSA) is 76.7 Å². The Bertz CT molecular complexity index is 974. The van der Waals surface area contributed by atoms with E-state index in [0.29, 0.717) is 16.7 Å². The fourth-order valence-electron chi connectivity index (χ4n) is 2.19. The molecule has 0 bridgehead atoms. The molecule has 0 radical (unpaired) electrons. The minimum absolute atomic E-state index is 0.0857. The SMILES string of the molecule is O=C(O)c1cc2ccc(OCc3cc(F)cc(F)c3)cc2oc1=O. The Kier molecular flexibility index (Phi) is 3.99. The number of carbonyl (C=O) groups is 1. The molecule has 0 saturated carbocycles. The van der Waals surface area contributed by atoms with Crippen molar-refractivity contribution in [2.45, 2.75) is 6.61 Å². The van der Waals surface area contributed by atoms with Crippen LogP contribution in [0.3, 0.4) is 0 Å². The van der Waals surface area contributed by atoms with Gasteiger partial charge in [0.15, 0.2) is 0 Å². The molecule has 0 fully saturated rings. The van der Waals surface area contributed by atoms with Crippen LogP contribution in [-0.2, 0) is 6.61 Å². The molecule has 0 spiro atoms. The lowest BCUT2D eigenvalue weighted by Gasteiger charge is -2.07. The molecule has 2 aromatic carbocycles. The lowest BCUT2D eigenvalue weighted by molar-refractivity contribution is 0.0692. The fraction of sp³-hybridized carbons (Fsp3) is 0.0588. The van der Waals surface area contributed by atoms with E-state index in [1.807, 2.05) is 0 Å². The van der Waals surface area contributed by atoms with Gasteiger partial charge in [-0.2, -0.15) is 0 Å². The van der Waals surface area contributed by atoms with Gasteiger partial charge in [-0.25, -0.2) is 18.4 Å². The van der Waals surface area contributed by atoms with Crippen molar-refractivity contribution in [3.8, 4) is 5.75 Å². The van der Waals surface area contributed by atoms with Gasteiger partial charge >= 0.3 is 11.6 Å². The zero-order valence-corrected chi connectivity index (χ0v) is 12.1. The molecule has 3 aromatic rings. The largest absolute Gasteiger partial charge is 0.489 e. The number of hydrogen-bond acceptors (Lipinski definition) is 4. The van der Waals surface area contributed by atoms with Crippen molar-refractivity contribution in [2.24, 2.45) is 0 Å². The second kappa shape index (κ2) is 6.11. The first kappa shape index (κ1) is 15.7. The standard InChI is InChI=1S/C17H10F2O5/c18-11-3-9(4-12(19)6-11)8-23-13-2-1-10-5-14(16(20)21)17(22)24-15(10)7-13/h1-7H,8H2,(H,20,21). The van der Waals surface area contributed by atoms with Crippen LogP contribution in [0.25, 0.3) is 11.0 Å². The van der Waals surface area contributed by atoms with Gasteiger partial charge in [-0.05, 0) is 35.9 Å². The van der Waals surface area contributed by atoms with Crippen LogP contribution in [0.2, 0.25) is 0 Å². The molecule has 5 nitrogen and oxygen atoms in total. The van der Waals surface area contributed by atoms with Gasteiger partial charge in [-0.1, -0.05) is 0 Å². The monoisotopic (exact) mass is 332 g/mol. The first-order valence-corrected chi connectivity index (χ1v) is 6.81. The number of aromatic carboxylic acids is 1. The number of fused-ring (bicyclic) bond motifs is 1. The van der Waals surface area contributed by atoms with Gasteiger partial charge in [0, 0.05) is 17.5 Å². The third-order valence-corrected chi connectivity index (χ3v) is 3.27. The summed E-state index contributed by atoms with van der Waals surface area (Å²) in [6.07, 6.45) is 0. The molecule has 1 N–H and O–H groups in total. The summed E-state index contributed by atoms with van der Waals surface area (Å²) in [5.41, 5.74) is -0.992. The van der Waals surface area contributed by atoms with Crippen molar-refractivity contribution in [1.29, 1.82) is 0 Å². The molecule has 0 aliphatic carbocycles.